The van der Waals surface area contributed by atoms with Crippen molar-refractivity contribution in [3.05, 3.63) is 60.0 Å². The number of H-pyrrole nitrogens is 2. The molecule has 28 heavy (non-hydrogen) atoms. The number of halogens is 1. The van der Waals surface area contributed by atoms with E-state index in [9.17, 15) is 9.59 Å². The molecule has 0 aliphatic heterocycles. The Hall–Kier alpha value is -2.17. The maximum atomic E-state index is 10.1. The number of rotatable bonds is 2. The van der Waals surface area contributed by atoms with Crippen LogP contribution in [0.5, 0.6) is 0 Å². The summed E-state index contributed by atoms with van der Waals surface area (Å²) in [6.07, 6.45) is 9.84. The van der Waals surface area contributed by atoms with Gasteiger partial charge < -0.3 is 38.4 Å². The van der Waals surface area contributed by atoms with E-state index in [2.05, 4.69) is 19.9 Å². The zero-order chi connectivity index (χ0) is 20.5. The van der Waals surface area contributed by atoms with Gasteiger partial charge in [0.25, 0.3) is 0 Å². The summed E-state index contributed by atoms with van der Waals surface area (Å²) >= 11 is 0. The van der Waals surface area contributed by atoms with Crippen molar-refractivity contribution < 1.29 is 43.3 Å². The molecule has 10 heteroatoms. The van der Waals surface area contributed by atoms with Crippen molar-refractivity contribution in [1.29, 1.82) is 0 Å². The van der Waals surface area contributed by atoms with Crippen LogP contribution in [0.25, 0.3) is 0 Å². The van der Waals surface area contributed by atoms with E-state index in [4.69, 9.17) is 11.5 Å². The number of imidazole rings is 2. The predicted octanol–water partition coefficient (Wildman–Crippen LogP) is -0.686. The Morgan fingerprint density at radius 1 is 0.821 bits per heavy atom. The van der Waals surface area contributed by atoms with Gasteiger partial charge in [-0.3, -0.25) is 9.59 Å². The third kappa shape index (κ3) is 31.6. The maximum absolute atomic E-state index is 10.1. The summed E-state index contributed by atoms with van der Waals surface area (Å²) in [5.74, 6) is 1.94. The van der Waals surface area contributed by atoms with Crippen molar-refractivity contribution in [3.8, 4) is 0 Å². The van der Waals surface area contributed by atoms with E-state index in [0.29, 0.717) is 11.4 Å². The zero-order valence-electron chi connectivity index (χ0n) is 17.0. The number of carbonyl (C=O) groups is 2. The fourth-order valence-corrected chi connectivity index (χ4v) is 1.33. The summed E-state index contributed by atoms with van der Waals surface area (Å²) in [4.78, 5) is 33.7. The molecule has 2 aromatic heterocycles. The first-order valence-corrected chi connectivity index (χ1v) is 7.85. The van der Waals surface area contributed by atoms with E-state index in [-0.39, 0.29) is 45.3 Å². The van der Waals surface area contributed by atoms with Gasteiger partial charge in [0, 0.05) is 53.0 Å². The Morgan fingerprint density at radius 2 is 1.11 bits per heavy atom. The second-order valence-electron chi connectivity index (χ2n) is 5.35. The summed E-state index contributed by atoms with van der Waals surface area (Å²) in [6.45, 7) is 10.1. The monoisotopic (exact) mass is 500 g/mol. The quantitative estimate of drug-likeness (QED) is 0.402. The maximum Gasteiger partial charge on any atom is 0.154 e. The molecule has 8 nitrogen and oxygen atoms in total. The van der Waals surface area contributed by atoms with E-state index < -0.39 is 0 Å². The summed E-state index contributed by atoms with van der Waals surface area (Å²) < 4.78 is 0. The van der Waals surface area contributed by atoms with Crippen LogP contribution in [0.15, 0.2) is 48.3 Å². The summed E-state index contributed by atoms with van der Waals surface area (Å²) in [7, 11) is 0. The van der Waals surface area contributed by atoms with Crippen LogP contribution < -0.4 is 28.4 Å². The minimum absolute atomic E-state index is 0. The van der Waals surface area contributed by atoms with Crippen LogP contribution in [0.3, 0.4) is 0 Å². The molecule has 1 radical (unpaired) electrons. The Kier molecular flexibility index (Phi) is 25.2. The van der Waals surface area contributed by atoms with Crippen LogP contribution in [0.1, 0.15) is 39.3 Å². The number of nitrogens with two attached hydrogens (primary N) is 2. The largest absolute Gasteiger partial charge is 1.00 e. The average molecular weight is 501 g/mol. The number of aromatic nitrogens is 4. The second-order valence-corrected chi connectivity index (χ2v) is 5.35. The minimum Gasteiger partial charge on any atom is -1.00 e. The Morgan fingerprint density at radius 3 is 1.14 bits per heavy atom. The van der Waals surface area contributed by atoms with E-state index >= 15 is 0 Å². The zero-order valence-corrected chi connectivity index (χ0v) is 19.7. The van der Waals surface area contributed by atoms with Gasteiger partial charge in [0.1, 0.15) is 11.6 Å². The molecule has 0 bridgehead atoms. The average Bonchev–Trinajstić information content (AvgIpc) is 3.11. The van der Waals surface area contributed by atoms with Gasteiger partial charge in [-0.25, -0.2) is 9.97 Å². The molecule has 0 saturated carbocycles. The predicted molar refractivity (Wildman–Crippen MR) is 104 cm³/mol. The minimum atomic E-state index is 0. The first kappa shape index (κ1) is 33.4. The summed E-state index contributed by atoms with van der Waals surface area (Å²) in [5, 5.41) is 0. The number of nitrogens with zero attached hydrogens (tertiary/aromatic N) is 2. The van der Waals surface area contributed by atoms with Gasteiger partial charge in [-0.2, -0.15) is 0 Å². The van der Waals surface area contributed by atoms with Gasteiger partial charge in [0.05, 0.1) is 0 Å². The molecule has 0 aliphatic rings. The Balaban J connectivity index is -0.000000134. The first-order valence-electron chi connectivity index (χ1n) is 7.85. The fourth-order valence-electron chi connectivity index (χ4n) is 1.33. The van der Waals surface area contributed by atoms with Crippen molar-refractivity contribution in [2.45, 2.75) is 41.5 Å². The van der Waals surface area contributed by atoms with Gasteiger partial charge in [-0.1, -0.05) is 0 Å². The molecular formula is C18H30BrCoN6O2-. The van der Waals surface area contributed by atoms with Crippen molar-refractivity contribution in [1.82, 2.24) is 19.9 Å². The first-order chi connectivity index (χ1) is 12.0. The standard InChI is InChI=1S/2C5H9NO.2C4H6N2.BrH.Co/c2*1-4(6)3-5(2)7;2*1-4-5-2-3-6-4;;/h2*3H,6H2,1-2H3;2*2-3H,1H3,(H,5,6);1H;/p-1/b2*4-3-;;;;. The molecular weight excluding hydrogens is 471 g/mol. The molecule has 0 amide bonds. The molecule has 0 aromatic carbocycles. The Labute approximate surface area is 187 Å². The summed E-state index contributed by atoms with van der Waals surface area (Å²) in [6, 6.07) is 0. The molecule has 0 saturated heterocycles. The molecule has 2 heterocycles. The molecule has 2 rings (SSSR count). The SMILES string of the molecule is CC(=O)/C=C(/C)N.CC(=O)/C=C(/C)N.Cc1ncc[nH]1.Cc1ncc[nH]1.[Br-].[Co]. The number of ketones is 2. The van der Waals surface area contributed by atoms with Crippen LogP contribution in [0.4, 0.5) is 0 Å². The number of aromatic amines is 2. The molecule has 2 aromatic rings. The second kappa shape index (κ2) is 21.1. The van der Waals surface area contributed by atoms with Gasteiger partial charge in [-0.15, -0.1) is 0 Å². The van der Waals surface area contributed by atoms with E-state index in [1.807, 2.05) is 13.8 Å². The van der Waals surface area contributed by atoms with Crippen LogP contribution in [-0.2, 0) is 26.4 Å². The van der Waals surface area contributed by atoms with Gasteiger partial charge >= 0.3 is 0 Å². The van der Waals surface area contributed by atoms with Gasteiger partial charge in [0.15, 0.2) is 11.6 Å². The topological polar surface area (TPSA) is 144 Å². The normalized spacial score (nSPS) is 9.50. The molecule has 0 fully saturated rings. The number of hydrogen-bond acceptors (Lipinski definition) is 6. The molecule has 0 atom stereocenters. The molecule has 0 spiro atoms. The van der Waals surface area contributed by atoms with Crippen LogP contribution in [0, 0.1) is 13.8 Å². The van der Waals surface area contributed by atoms with Crippen molar-refractivity contribution >= 4 is 11.6 Å². The number of allylic oxidation sites excluding steroid dienone is 4. The van der Waals surface area contributed by atoms with Crippen molar-refractivity contribution in [2.75, 3.05) is 0 Å². The van der Waals surface area contributed by atoms with E-state index in [0.717, 1.165) is 11.6 Å². The number of hydrogen-bond donors (Lipinski definition) is 4. The van der Waals surface area contributed by atoms with E-state index in [1.54, 1.807) is 38.6 Å². The van der Waals surface area contributed by atoms with Crippen LogP contribution >= 0.6 is 0 Å². The summed E-state index contributed by atoms with van der Waals surface area (Å²) in [5.41, 5.74) is 11.4. The molecule has 6 N–H and O–H groups in total. The smallest absolute Gasteiger partial charge is 0.154 e. The van der Waals surface area contributed by atoms with Gasteiger partial charge in [-0.05, 0) is 53.7 Å². The molecule has 161 valence electrons. The van der Waals surface area contributed by atoms with Crippen LogP contribution in [0.2, 0.25) is 0 Å². The Bertz CT molecular complexity index is 615. The van der Waals surface area contributed by atoms with E-state index in [1.165, 1.54) is 26.0 Å². The van der Waals surface area contributed by atoms with Crippen molar-refractivity contribution in [3.63, 3.8) is 0 Å². The molecule has 0 unspecified atom stereocenters. The van der Waals surface area contributed by atoms with Crippen LogP contribution in [-0.4, -0.2) is 31.5 Å². The third-order valence-electron chi connectivity index (χ3n) is 2.13. The van der Waals surface area contributed by atoms with Gasteiger partial charge in [0.2, 0.25) is 0 Å². The number of nitrogens with one attached hydrogen (secondary N) is 2. The fraction of sp³-hybridized carbons (Fsp3) is 0.333. The number of carbonyl (C=O) groups excluding carboxylic acids is 2. The third-order valence-corrected chi connectivity index (χ3v) is 2.13. The number of aryl methyl sites for hydroxylation is 2. The van der Waals surface area contributed by atoms with Crippen molar-refractivity contribution in [2.24, 2.45) is 11.5 Å². The molecule has 0 aliphatic carbocycles.